The molecule has 6 nitrogen and oxygen atoms in total. The zero-order chi connectivity index (χ0) is 17.1. The Kier molecular flexibility index (Phi) is 4.92. The van der Waals surface area contributed by atoms with Gasteiger partial charge in [0.05, 0.1) is 0 Å². The molecular weight excluding hydrogens is 308 g/mol. The van der Waals surface area contributed by atoms with Crippen LogP contribution in [0.5, 0.6) is 11.5 Å². The number of nitrogens with zero attached hydrogens (tertiary/aromatic N) is 1. The second-order valence-electron chi connectivity index (χ2n) is 6.73. The Balaban J connectivity index is 1.60. The van der Waals surface area contributed by atoms with E-state index >= 15 is 0 Å². The van der Waals surface area contributed by atoms with Crippen LogP contribution in [0.15, 0.2) is 18.2 Å². The summed E-state index contributed by atoms with van der Waals surface area (Å²) in [5.74, 6) is 1.67. The second-order valence-corrected chi connectivity index (χ2v) is 6.73. The second kappa shape index (κ2) is 7.11. The summed E-state index contributed by atoms with van der Waals surface area (Å²) in [5, 5.41) is 2.97. The first-order valence-corrected chi connectivity index (χ1v) is 8.51. The zero-order valence-electron chi connectivity index (χ0n) is 14.2. The van der Waals surface area contributed by atoms with Crippen molar-refractivity contribution < 1.29 is 19.1 Å². The molecule has 1 fully saturated rings. The normalized spacial score (nSPS) is 19.5. The number of hydrogen-bond donors (Lipinski definition) is 1. The number of carbonyl (C=O) groups is 2. The number of ether oxygens (including phenoxy) is 2. The number of carbonyl (C=O) groups excluding carboxylic acids is 2. The van der Waals surface area contributed by atoms with Gasteiger partial charge in [-0.05, 0) is 37.0 Å². The molecule has 0 spiro atoms. The number of piperidine rings is 1. The third-order valence-electron chi connectivity index (χ3n) is 4.52. The van der Waals surface area contributed by atoms with Crippen LogP contribution in [0.25, 0.3) is 0 Å². The van der Waals surface area contributed by atoms with Gasteiger partial charge in [-0.3, -0.25) is 9.59 Å². The average molecular weight is 332 g/mol. The minimum absolute atomic E-state index is 0.00758. The predicted molar refractivity (Wildman–Crippen MR) is 89.0 cm³/mol. The quantitative estimate of drug-likeness (QED) is 0.916. The van der Waals surface area contributed by atoms with Crippen molar-refractivity contribution in [3.05, 3.63) is 23.8 Å². The van der Waals surface area contributed by atoms with E-state index in [0.29, 0.717) is 36.1 Å². The molecule has 2 amide bonds. The lowest BCUT2D eigenvalue weighted by atomic mass is 9.97. The van der Waals surface area contributed by atoms with Crippen LogP contribution in [-0.4, -0.2) is 43.1 Å². The van der Waals surface area contributed by atoms with Gasteiger partial charge in [-0.1, -0.05) is 13.8 Å². The molecule has 1 atom stereocenters. The molecule has 6 heteroatoms. The predicted octanol–water partition coefficient (Wildman–Crippen LogP) is 2.04. The van der Waals surface area contributed by atoms with E-state index in [1.54, 1.807) is 18.2 Å². The molecule has 1 aromatic carbocycles. The minimum Gasteiger partial charge on any atom is -0.454 e. The molecule has 1 N–H and O–H groups in total. The van der Waals surface area contributed by atoms with Crippen LogP contribution in [0.3, 0.4) is 0 Å². The zero-order valence-corrected chi connectivity index (χ0v) is 14.2. The Morgan fingerprint density at radius 1 is 1.29 bits per heavy atom. The first-order valence-electron chi connectivity index (χ1n) is 8.51. The van der Waals surface area contributed by atoms with Gasteiger partial charge in [-0.15, -0.1) is 0 Å². The molecule has 0 aromatic heterocycles. The van der Waals surface area contributed by atoms with Gasteiger partial charge < -0.3 is 19.7 Å². The van der Waals surface area contributed by atoms with Crippen LogP contribution in [0.2, 0.25) is 0 Å². The molecule has 0 bridgehead atoms. The maximum atomic E-state index is 12.7. The molecule has 2 heterocycles. The smallest absolute Gasteiger partial charge is 0.254 e. The lowest BCUT2D eigenvalue weighted by molar-refractivity contribution is -0.124. The summed E-state index contributed by atoms with van der Waals surface area (Å²) in [5.41, 5.74) is 0.617. The van der Waals surface area contributed by atoms with Crippen molar-refractivity contribution in [3.8, 4) is 11.5 Å². The van der Waals surface area contributed by atoms with Gasteiger partial charge in [0.2, 0.25) is 12.7 Å². The van der Waals surface area contributed by atoms with Crippen LogP contribution < -0.4 is 14.8 Å². The van der Waals surface area contributed by atoms with Crippen molar-refractivity contribution in [3.63, 3.8) is 0 Å². The number of fused-ring (bicyclic) bond motifs is 1. The molecule has 1 aromatic rings. The molecule has 0 aliphatic carbocycles. The van der Waals surface area contributed by atoms with Gasteiger partial charge in [0.1, 0.15) is 0 Å². The van der Waals surface area contributed by atoms with Crippen LogP contribution in [0.1, 0.15) is 37.0 Å². The monoisotopic (exact) mass is 332 g/mol. The Bertz CT molecular complexity index is 629. The number of benzene rings is 1. The highest BCUT2D eigenvalue weighted by molar-refractivity contribution is 5.95. The standard InChI is InChI=1S/C18H24N2O4/c1-12(2)17(21)19-9-13-4-3-7-20(10-13)18(22)14-5-6-15-16(8-14)24-11-23-15/h5-6,8,12-13H,3-4,7,9-11H2,1-2H3,(H,19,21)/t13-/m0/s1. The number of likely N-dealkylation sites (tertiary alicyclic amines) is 1. The summed E-state index contributed by atoms with van der Waals surface area (Å²) >= 11 is 0. The highest BCUT2D eigenvalue weighted by atomic mass is 16.7. The number of rotatable bonds is 4. The van der Waals surface area contributed by atoms with Crippen LogP contribution in [0, 0.1) is 11.8 Å². The maximum Gasteiger partial charge on any atom is 0.254 e. The summed E-state index contributed by atoms with van der Waals surface area (Å²) in [6.07, 6.45) is 1.99. The number of nitrogens with one attached hydrogen (secondary N) is 1. The van der Waals surface area contributed by atoms with E-state index in [1.807, 2.05) is 18.7 Å². The highest BCUT2D eigenvalue weighted by Gasteiger charge is 2.26. The fraction of sp³-hybridized carbons (Fsp3) is 0.556. The molecule has 0 saturated carbocycles. The Labute approximate surface area is 142 Å². The Hall–Kier alpha value is -2.24. The van der Waals surface area contributed by atoms with Crippen molar-refractivity contribution in [2.24, 2.45) is 11.8 Å². The fourth-order valence-corrected chi connectivity index (χ4v) is 3.08. The average Bonchev–Trinajstić information content (AvgIpc) is 3.06. The highest BCUT2D eigenvalue weighted by Crippen LogP contribution is 2.33. The van der Waals surface area contributed by atoms with E-state index in [9.17, 15) is 9.59 Å². The van der Waals surface area contributed by atoms with E-state index in [-0.39, 0.29) is 24.5 Å². The van der Waals surface area contributed by atoms with Crippen LogP contribution in [0.4, 0.5) is 0 Å². The third-order valence-corrected chi connectivity index (χ3v) is 4.52. The lowest BCUT2D eigenvalue weighted by Crippen LogP contribution is -2.44. The van der Waals surface area contributed by atoms with Gasteiger partial charge in [0.15, 0.2) is 11.5 Å². The lowest BCUT2D eigenvalue weighted by Gasteiger charge is -2.33. The molecule has 0 unspecified atom stereocenters. The summed E-state index contributed by atoms with van der Waals surface area (Å²) in [7, 11) is 0. The first kappa shape index (κ1) is 16.6. The molecule has 130 valence electrons. The number of hydrogen-bond acceptors (Lipinski definition) is 4. The van der Waals surface area contributed by atoms with Crippen LogP contribution in [-0.2, 0) is 4.79 Å². The minimum atomic E-state index is -0.0139. The van der Waals surface area contributed by atoms with Gasteiger partial charge >= 0.3 is 0 Å². The van der Waals surface area contributed by atoms with Gasteiger partial charge in [-0.2, -0.15) is 0 Å². The Morgan fingerprint density at radius 3 is 2.88 bits per heavy atom. The van der Waals surface area contributed by atoms with E-state index in [2.05, 4.69) is 5.32 Å². The van der Waals surface area contributed by atoms with Crippen molar-refractivity contribution in [1.82, 2.24) is 10.2 Å². The topological polar surface area (TPSA) is 67.9 Å². The van der Waals surface area contributed by atoms with E-state index in [0.717, 1.165) is 19.4 Å². The van der Waals surface area contributed by atoms with E-state index in [1.165, 1.54) is 0 Å². The molecule has 0 radical (unpaired) electrons. The summed E-state index contributed by atoms with van der Waals surface area (Å²) in [6.45, 7) is 6.02. The van der Waals surface area contributed by atoms with Crippen molar-refractivity contribution in [2.75, 3.05) is 26.4 Å². The largest absolute Gasteiger partial charge is 0.454 e. The molecule has 24 heavy (non-hydrogen) atoms. The Morgan fingerprint density at radius 2 is 2.08 bits per heavy atom. The molecule has 1 saturated heterocycles. The molecular formula is C18H24N2O4. The van der Waals surface area contributed by atoms with Crippen molar-refractivity contribution >= 4 is 11.8 Å². The fourth-order valence-electron chi connectivity index (χ4n) is 3.08. The SMILES string of the molecule is CC(C)C(=O)NC[C@@H]1CCCN(C(=O)c2ccc3c(c2)OCO3)C1. The van der Waals surface area contributed by atoms with Crippen molar-refractivity contribution in [2.45, 2.75) is 26.7 Å². The summed E-state index contributed by atoms with van der Waals surface area (Å²) in [4.78, 5) is 26.3. The van der Waals surface area contributed by atoms with E-state index < -0.39 is 0 Å². The van der Waals surface area contributed by atoms with E-state index in [4.69, 9.17) is 9.47 Å². The van der Waals surface area contributed by atoms with Gasteiger partial charge in [-0.25, -0.2) is 0 Å². The molecule has 2 aliphatic rings. The first-order chi connectivity index (χ1) is 11.5. The molecule has 3 rings (SSSR count). The van der Waals surface area contributed by atoms with Gasteiger partial charge in [0, 0.05) is 31.1 Å². The maximum absolute atomic E-state index is 12.7. The van der Waals surface area contributed by atoms with Crippen molar-refractivity contribution in [1.29, 1.82) is 0 Å². The summed E-state index contributed by atoms with van der Waals surface area (Å²) < 4.78 is 10.6. The third kappa shape index (κ3) is 3.63. The van der Waals surface area contributed by atoms with Gasteiger partial charge in [0.25, 0.3) is 5.91 Å². The van der Waals surface area contributed by atoms with Crippen LogP contribution >= 0.6 is 0 Å². The molecule has 2 aliphatic heterocycles. The number of amides is 2. The summed E-state index contributed by atoms with van der Waals surface area (Å²) in [6, 6.07) is 5.30.